The van der Waals surface area contributed by atoms with Crippen molar-refractivity contribution in [2.24, 2.45) is 0 Å². The topological polar surface area (TPSA) is 89.2 Å². The molecule has 0 saturated carbocycles. The molecule has 0 aromatic carbocycles. The smallest absolute Gasteiger partial charge is 0.255 e. The van der Waals surface area contributed by atoms with E-state index in [0.29, 0.717) is 22.3 Å². The van der Waals surface area contributed by atoms with Crippen molar-refractivity contribution in [1.82, 2.24) is 15.0 Å². The number of nitrogens with two attached hydrogens (primary N) is 1. The first-order valence-corrected chi connectivity index (χ1v) is 3.83. The number of hydrogen-bond donors (Lipinski definition) is 2. The van der Waals surface area contributed by atoms with Gasteiger partial charge in [0.05, 0.1) is 0 Å². The van der Waals surface area contributed by atoms with Crippen LogP contribution in [0.2, 0.25) is 0 Å². The minimum Gasteiger partial charge on any atom is -0.368 e. The monoisotopic (exact) mass is 170 g/mol. The Bertz CT molecular complexity index is 287. The number of fused-ring (bicyclic) bond motifs is 2. The summed E-state index contributed by atoms with van der Waals surface area (Å²) < 4.78 is 1.49. The molecule has 0 saturated heterocycles. The molecule has 0 spiro atoms. The van der Waals surface area contributed by atoms with Gasteiger partial charge in [0.2, 0.25) is 11.9 Å². The predicted molar refractivity (Wildman–Crippen MR) is 41.4 cm³/mol. The minimum absolute atomic E-state index is 0.196. The van der Waals surface area contributed by atoms with Crippen molar-refractivity contribution < 1.29 is 4.94 Å². The van der Waals surface area contributed by atoms with Gasteiger partial charge in [0.15, 0.2) is 10.4 Å². The standard InChI is InChI=1S/C3H6N6OSi/c4-1-5-2-7-3(6-1)9(11)10-8-2/h11H3,(H3,4,5,6,7,8). The molecule has 0 radical (unpaired) electrons. The fourth-order valence-electron chi connectivity index (χ4n) is 0.717. The Balaban J connectivity index is 2.53. The van der Waals surface area contributed by atoms with Gasteiger partial charge in [-0.1, -0.05) is 0 Å². The van der Waals surface area contributed by atoms with E-state index in [1.165, 1.54) is 4.73 Å². The second-order valence-electron chi connectivity index (χ2n) is 2.01. The van der Waals surface area contributed by atoms with E-state index in [4.69, 9.17) is 10.7 Å². The normalized spacial score (nSPS) is 14.7. The van der Waals surface area contributed by atoms with Crippen LogP contribution in [-0.2, 0) is 4.94 Å². The Labute approximate surface area is 65.0 Å². The van der Waals surface area contributed by atoms with Crippen LogP contribution in [0.3, 0.4) is 0 Å². The Kier molecular flexibility index (Phi) is 1.17. The molecule has 0 unspecified atom stereocenters. The van der Waals surface area contributed by atoms with Crippen molar-refractivity contribution in [1.29, 1.82) is 0 Å². The van der Waals surface area contributed by atoms with Crippen LogP contribution < -0.4 is 15.9 Å². The summed E-state index contributed by atoms with van der Waals surface area (Å²) in [5.74, 6) is 0.999. The second-order valence-corrected chi connectivity index (χ2v) is 2.82. The fourth-order valence-corrected chi connectivity index (χ4v) is 1.01. The zero-order chi connectivity index (χ0) is 7.84. The Morgan fingerprint density at radius 2 is 2.27 bits per heavy atom. The quantitative estimate of drug-likeness (QED) is 0.427. The van der Waals surface area contributed by atoms with E-state index in [9.17, 15) is 0 Å². The SMILES string of the molecule is Nc1nc2nc(n1)N([SiH3])ON2. The lowest BCUT2D eigenvalue weighted by Crippen LogP contribution is -2.31. The van der Waals surface area contributed by atoms with Gasteiger partial charge in [-0.15, -0.1) is 0 Å². The summed E-state index contributed by atoms with van der Waals surface area (Å²) in [6.07, 6.45) is 0. The summed E-state index contributed by atoms with van der Waals surface area (Å²) in [4.78, 5) is 16.4. The van der Waals surface area contributed by atoms with Crippen LogP contribution in [0.5, 0.6) is 0 Å². The Hall–Kier alpha value is -1.41. The zero-order valence-electron chi connectivity index (χ0n) is 5.77. The first-order chi connectivity index (χ1) is 5.25. The molecule has 3 N–H and O–H groups in total. The summed E-state index contributed by atoms with van der Waals surface area (Å²) in [7, 11) is 0.660. The molecule has 8 heteroatoms. The van der Waals surface area contributed by atoms with Crippen LogP contribution >= 0.6 is 0 Å². The van der Waals surface area contributed by atoms with Gasteiger partial charge in [0.25, 0.3) is 5.95 Å². The highest BCUT2D eigenvalue weighted by molar-refractivity contribution is 6.15. The van der Waals surface area contributed by atoms with E-state index in [0.717, 1.165) is 0 Å². The van der Waals surface area contributed by atoms with Crippen molar-refractivity contribution in [3.05, 3.63) is 0 Å². The van der Waals surface area contributed by atoms with E-state index < -0.39 is 0 Å². The van der Waals surface area contributed by atoms with Crippen molar-refractivity contribution in [2.75, 3.05) is 15.9 Å². The van der Waals surface area contributed by atoms with Gasteiger partial charge in [-0.2, -0.15) is 19.9 Å². The largest absolute Gasteiger partial charge is 0.368 e. The molecule has 7 nitrogen and oxygen atoms in total. The second kappa shape index (κ2) is 2.03. The van der Waals surface area contributed by atoms with Crippen molar-refractivity contribution >= 4 is 28.2 Å². The maximum atomic E-state index is 5.36. The number of anilines is 3. The van der Waals surface area contributed by atoms with Crippen LogP contribution in [-0.4, -0.2) is 25.4 Å². The Morgan fingerprint density at radius 1 is 1.45 bits per heavy atom. The number of aromatic nitrogens is 3. The molecular weight excluding hydrogens is 164 g/mol. The Morgan fingerprint density at radius 3 is 3.09 bits per heavy atom. The van der Waals surface area contributed by atoms with Gasteiger partial charge in [0, 0.05) is 0 Å². The molecule has 1 aliphatic heterocycles. The fraction of sp³-hybridized carbons (Fsp3) is 0. The van der Waals surface area contributed by atoms with E-state index in [2.05, 4.69) is 20.4 Å². The molecule has 2 heterocycles. The summed E-state index contributed by atoms with van der Waals surface area (Å²) in [5.41, 5.74) is 7.86. The van der Waals surface area contributed by atoms with E-state index in [1.807, 2.05) is 0 Å². The first-order valence-electron chi connectivity index (χ1n) is 2.94. The number of nitrogens with zero attached hydrogens (tertiary/aromatic N) is 4. The number of rotatable bonds is 0. The molecule has 2 bridgehead atoms. The third-order valence-electron chi connectivity index (χ3n) is 1.20. The maximum absolute atomic E-state index is 5.36. The highest BCUT2D eigenvalue weighted by Crippen LogP contribution is 2.14. The molecule has 58 valence electrons. The summed E-state index contributed by atoms with van der Waals surface area (Å²) >= 11 is 0. The van der Waals surface area contributed by atoms with Crippen LogP contribution in [0.25, 0.3) is 0 Å². The van der Waals surface area contributed by atoms with Crippen molar-refractivity contribution in [2.45, 2.75) is 0 Å². The van der Waals surface area contributed by atoms with Crippen molar-refractivity contribution in [3.63, 3.8) is 0 Å². The van der Waals surface area contributed by atoms with Gasteiger partial charge in [-0.05, 0) is 0 Å². The molecule has 1 aromatic heterocycles. The van der Waals surface area contributed by atoms with Gasteiger partial charge >= 0.3 is 0 Å². The van der Waals surface area contributed by atoms with E-state index in [1.54, 1.807) is 0 Å². The van der Waals surface area contributed by atoms with E-state index in [-0.39, 0.29) is 5.95 Å². The lowest BCUT2D eigenvalue weighted by Gasteiger charge is -2.21. The average molecular weight is 170 g/mol. The molecule has 11 heavy (non-hydrogen) atoms. The maximum Gasteiger partial charge on any atom is 0.255 e. The van der Waals surface area contributed by atoms with Gasteiger partial charge in [-0.3, -0.25) is 0 Å². The van der Waals surface area contributed by atoms with Crippen molar-refractivity contribution in [3.8, 4) is 0 Å². The van der Waals surface area contributed by atoms with Crippen LogP contribution in [0.4, 0.5) is 17.8 Å². The minimum atomic E-state index is 0.196. The molecule has 1 aromatic rings. The lowest BCUT2D eigenvalue weighted by atomic mass is 10.8. The molecule has 1 aliphatic rings. The molecule has 0 fully saturated rings. The van der Waals surface area contributed by atoms with Crippen LogP contribution in [0.15, 0.2) is 0 Å². The van der Waals surface area contributed by atoms with E-state index >= 15 is 0 Å². The number of nitrogen functional groups attached to an aromatic ring is 1. The number of hydrogen-bond acceptors (Lipinski definition) is 7. The number of nitrogens with one attached hydrogen (secondary N) is 1. The van der Waals surface area contributed by atoms with Gasteiger partial charge < -0.3 is 5.73 Å². The summed E-state index contributed by atoms with van der Waals surface area (Å²) in [5, 5.41) is 0. The average Bonchev–Trinajstić information content (AvgIpc) is 1.97. The third kappa shape index (κ3) is 0.971. The van der Waals surface area contributed by atoms with Gasteiger partial charge in [0.1, 0.15) is 0 Å². The molecule has 0 aliphatic carbocycles. The van der Waals surface area contributed by atoms with Crippen LogP contribution in [0.1, 0.15) is 0 Å². The molecule has 2 rings (SSSR count). The molecule has 0 atom stereocenters. The molecular formula is C3H6N6OSi. The predicted octanol–water partition coefficient (Wildman–Crippen LogP) is -2.19. The van der Waals surface area contributed by atoms with Crippen LogP contribution in [0, 0.1) is 0 Å². The highest BCUT2D eigenvalue weighted by Gasteiger charge is 2.14. The lowest BCUT2D eigenvalue weighted by molar-refractivity contribution is 0.197. The zero-order valence-corrected chi connectivity index (χ0v) is 7.77. The summed E-state index contributed by atoms with van der Waals surface area (Å²) in [6, 6.07) is 0. The highest BCUT2D eigenvalue weighted by atomic mass is 28.2. The summed E-state index contributed by atoms with van der Waals surface area (Å²) in [6.45, 7) is 0. The first kappa shape index (κ1) is 6.31. The van der Waals surface area contributed by atoms with Gasteiger partial charge in [-0.25, -0.2) is 10.2 Å². The third-order valence-corrected chi connectivity index (χ3v) is 1.78. The molecule has 0 amide bonds.